The average Bonchev–Trinajstić information content (AvgIpc) is 2.73. The first-order valence-electron chi connectivity index (χ1n) is 7.00. The third-order valence-electron chi connectivity index (χ3n) is 2.59. The summed E-state index contributed by atoms with van der Waals surface area (Å²) in [4.78, 5) is 23.2. The Balaban J connectivity index is 2.27. The number of alkyl carbamates (subject to hydrolysis) is 1. The molecule has 21 heavy (non-hydrogen) atoms. The van der Waals surface area contributed by atoms with Gasteiger partial charge in [0.1, 0.15) is 17.1 Å². The van der Waals surface area contributed by atoms with Crippen LogP contribution in [0.25, 0.3) is 0 Å². The molecule has 1 aromatic rings. The van der Waals surface area contributed by atoms with Gasteiger partial charge in [-0.15, -0.1) is 0 Å². The summed E-state index contributed by atoms with van der Waals surface area (Å²) in [5, 5.41) is 5.35. The van der Waals surface area contributed by atoms with Gasteiger partial charge in [0, 0.05) is 13.0 Å². The predicted octanol–water partition coefficient (Wildman–Crippen LogP) is 2.68. The number of ether oxygens (including phenoxy) is 1. The Hall–Kier alpha value is -1.98. The molecular weight excluding hydrogens is 272 g/mol. The average molecular weight is 296 g/mol. The Labute approximate surface area is 125 Å². The van der Waals surface area contributed by atoms with Gasteiger partial charge < -0.3 is 19.8 Å². The Morgan fingerprint density at radius 2 is 2.00 bits per heavy atom. The van der Waals surface area contributed by atoms with E-state index in [4.69, 9.17) is 9.15 Å². The highest BCUT2D eigenvalue weighted by molar-refractivity contribution is 5.77. The van der Waals surface area contributed by atoms with Crippen molar-refractivity contribution >= 4 is 12.0 Å². The summed E-state index contributed by atoms with van der Waals surface area (Å²) in [7, 11) is 0. The van der Waals surface area contributed by atoms with Crippen LogP contribution in [0.1, 0.15) is 51.7 Å². The molecule has 1 atom stereocenters. The first-order valence-corrected chi connectivity index (χ1v) is 7.00. The number of hydrogen-bond donors (Lipinski definition) is 2. The van der Waals surface area contributed by atoms with Crippen molar-refractivity contribution in [3.05, 3.63) is 23.7 Å². The Morgan fingerprint density at radius 1 is 1.33 bits per heavy atom. The highest BCUT2D eigenvalue weighted by atomic mass is 16.6. The minimum absolute atomic E-state index is 0.160. The lowest BCUT2D eigenvalue weighted by atomic mass is 10.2. The summed E-state index contributed by atoms with van der Waals surface area (Å²) in [6.07, 6.45) is -0.339. The maximum atomic E-state index is 11.8. The molecule has 0 bridgehead atoms. The summed E-state index contributed by atoms with van der Waals surface area (Å²) in [6, 6.07) is 3.48. The lowest BCUT2D eigenvalue weighted by Crippen LogP contribution is -2.35. The molecule has 1 rings (SSSR count). The highest BCUT2D eigenvalue weighted by Gasteiger charge is 2.16. The van der Waals surface area contributed by atoms with Crippen molar-refractivity contribution in [2.75, 3.05) is 6.54 Å². The first-order chi connectivity index (χ1) is 9.67. The van der Waals surface area contributed by atoms with Crippen LogP contribution in [-0.2, 0) is 9.53 Å². The molecule has 0 spiro atoms. The van der Waals surface area contributed by atoms with Gasteiger partial charge in [0.15, 0.2) is 0 Å². The Kier molecular flexibility index (Phi) is 5.81. The number of nitrogens with one attached hydrogen (secondary N) is 2. The second-order valence-electron chi connectivity index (χ2n) is 5.92. The van der Waals surface area contributed by atoms with Gasteiger partial charge >= 0.3 is 6.09 Å². The van der Waals surface area contributed by atoms with Crippen molar-refractivity contribution in [3.63, 3.8) is 0 Å². The van der Waals surface area contributed by atoms with Gasteiger partial charge in [-0.1, -0.05) is 0 Å². The van der Waals surface area contributed by atoms with Crippen molar-refractivity contribution in [1.82, 2.24) is 10.6 Å². The summed E-state index contributed by atoms with van der Waals surface area (Å²) in [5.41, 5.74) is -0.544. The molecule has 0 unspecified atom stereocenters. The quantitative estimate of drug-likeness (QED) is 0.875. The lowest BCUT2D eigenvalue weighted by Gasteiger charge is -2.19. The van der Waals surface area contributed by atoms with E-state index in [-0.39, 0.29) is 24.9 Å². The fourth-order valence-electron chi connectivity index (χ4n) is 1.66. The molecule has 2 N–H and O–H groups in total. The van der Waals surface area contributed by atoms with Crippen molar-refractivity contribution in [1.29, 1.82) is 0 Å². The minimum atomic E-state index is -0.544. The monoisotopic (exact) mass is 296 g/mol. The number of amides is 2. The third-order valence-corrected chi connectivity index (χ3v) is 2.59. The van der Waals surface area contributed by atoms with Crippen LogP contribution in [0.4, 0.5) is 4.79 Å². The molecule has 0 fully saturated rings. The molecule has 0 aromatic carbocycles. The van der Waals surface area contributed by atoms with E-state index in [1.165, 1.54) is 0 Å². The van der Waals surface area contributed by atoms with Crippen LogP contribution in [0.5, 0.6) is 0 Å². The molecule has 0 aliphatic rings. The van der Waals surface area contributed by atoms with Crippen LogP contribution in [-0.4, -0.2) is 24.1 Å². The van der Waals surface area contributed by atoms with E-state index in [9.17, 15) is 9.59 Å². The van der Waals surface area contributed by atoms with Crippen molar-refractivity contribution < 1.29 is 18.7 Å². The first kappa shape index (κ1) is 17.1. The number of hydrogen-bond acceptors (Lipinski definition) is 4. The van der Waals surface area contributed by atoms with E-state index in [0.29, 0.717) is 5.76 Å². The number of carbonyl (C=O) groups is 2. The lowest BCUT2D eigenvalue weighted by molar-refractivity contribution is -0.121. The van der Waals surface area contributed by atoms with Gasteiger partial charge in [-0.2, -0.15) is 0 Å². The third kappa shape index (κ3) is 6.83. The summed E-state index contributed by atoms with van der Waals surface area (Å²) in [5.74, 6) is 1.35. The van der Waals surface area contributed by atoms with Crippen LogP contribution in [0.15, 0.2) is 16.5 Å². The summed E-state index contributed by atoms with van der Waals surface area (Å²) < 4.78 is 10.5. The molecule has 0 radical (unpaired) electrons. The van der Waals surface area contributed by atoms with Crippen molar-refractivity contribution in [3.8, 4) is 0 Å². The molecule has 0 aliphatic heterocycles. The van der Waals surface area contributed by atoms with E-state index >= 15 is 0 Å². The van der Waals surface area contributed by atoms with E-state index in [1.807, 2.05) is 26.0 Å². The summed E-state index contributed by atoms with van der Waals surface area (Å²) >= 11 is 0. The topological polar surface area (TPSA) is 80.6 Å². The smallest absolute Gasteiger partial charge is 0.407 e. The van der Waals surface area contributed by atoms with E-state index in [1.54, 1.807) is 20.8 Å². The Morgan fingerprint density at radius 3 is 2.52 bits per heavy atom. The van der Waals surface area contributed by atoms with Gasteiger partial charge in [-0.25, -0.2) is 4.79 Å². The number of furan rings is 1. The minimum Gasteiger partial charge on any atom is -0.464 e. The zero-order valence-electron chi connectivity index (χ0n) is 13.3. The second kappa shape index (κ2) is 7.15. The van der Waals surface area contributed by atoms with E-state index in [2.05, 4.69) is 10.6 Å². The summed E-state index contributed by atoms with van der Waals surface area (Å²) in [6.45, 7) is 9.27. The maximum Gasteiger partial charge on any atom is 0.407 e. The Bertz CT molecular complexity index is 488. The second-order valence-corrected chi connectivity index (χ2v) is 5.92. The molecule has 118 valence electrons. The number of aryl methyl sites for hydroxylation is 1. The van der Waals surface area contributed by atoms with Crippen molar-refractivity contribution in [2.45, 2.75) is 52.7 Å². The van der Waals surface area contributed by atoms with E-state index < -0.39 is 11.7 Å². The van der Waals surface area contributed by atoms with Crippen LogP contribution < -0.4 is 10.6 Å². The molecule has 1 aromatic heterocycles. The SMILES string of the molecule is Cc1ccc([C@H](C)NC(=O)CCNC(=O)OC(C)(C)C)o1. The molecule has 0 aliphatic carbocycles. The van der Waals surface area contributed by atoms with Gasteiger partial charge in [0.05, 0.1) is 6.04 Å². The largest absolute Gasteiger partial charge is 0.464 e. The standard InChI is InChI=1S/C15H24N2O4/c1-10-6-7-12(20-10)11(2)17-13(18)8-9-16-14(19)21-15(3,4)5/h6-7,11H,8-9H2,1-5H3,(H,16,19)(H,17,18)/t11-/m0/s1. The van der Waals surface area contributed by atoms with E-state index in [0.717, 1.165) is 5.76 Å². The normalized spacial score (nSPS) is 12.6. The van der Waals surface area contributed by atoms with Crippen molar-refractivity contribution in [2.24, 2.45) is 0 Å². The molecule has 0 saturated carbocycles. The molecule has 6 nitrogen and oxygen atoms in total. The molecule has 1 heterocycles. The van der Waals surface area contributed by atoms with Crippen LogP contribution >= 0.6 is 0 Å². The molecule has 2 amide bonds. The van der Waals surface area contributed by atoms with Gasteiger partial charge in [0.25, 0.3) is 0 Å². The fourth-order valence-corrected chi connectivity index (χ4v) is 1.66. The highest BCUT2D eigenvalue weighted by Crippen LogP contribution is 2.15. The van der Waals surface area contributed by atoms with Gasteiger partial charge in [0.2, 0.25) is 5.91 Å². The van der Waals surface area contributed by atoms with Crippen LogP contribution in [0.2, 0.25) is 0 Å². The zero-order chi connectivity index (χ0) is 16.0. The van der Waals surface area contributed by atoms with Crippen LogP contribution in [0.3, 0.4) is 0 Å². The van der Waals surface area contributed by atoms with Crippen LogP contribution in [0, 0.1) is 6.92 Å². The van der Waals surface area contributed by atoms with Gasteiger partial charge in [-0.3, -0.25) is 4.79 Å². The number of rotatable bonds is 5. The molecular formula is C15H24N2O4. The number of carbonyl (C=O) groups excluding carboxylic acids is 2. The predicted molar refractivity (Wildman–Crippen MR) is 78.9 cm³/mol. The maximum absolute atomic E-state index is 11.8. The molecule has 6 heteroatoms. The van der Waals surface area contributed by atoms with Gasteiger partial charge in [-0.05, 0) is 46.8 Å². The fraction of sp³-hybridized carbons (Fsp3) is 0.600. The zero-order valence-corrected chi connectivity index (χ0v) is 13.3. The molecule has 0 saturated heterocycles.